The number of aromatic amines is 1. The van der Waals surface area contributed by atoms with E-state index in [0.29, 0.717) is 23.2 Å². The van der Waals surface area contributed by atoms with E-state index in [-0.39, 0.29) is 0 Å². The highest BCUT2D eigenvalue weighted by Crippen LogP contribution is 2.36. The lowest BCUT2D eigenvalue weighted by Gasteiger charge is -2.35. The lowest BCUT2D eigenvalue weighted by molar-refractivity contribution is 0.252. The number of nitriles is 1. The summed E-state index contributed by atoms with van der Waals surface area (Å²) in [5, 5.41) is 18.3. The van der Waals surface area contributed by atoms with Gasteiger partial charge in [0.2, 0.25) is 0 Å². The maximum Gasteiger partial charge on any atom is 0.173 e. The van der Waals surface area contributed by atoms with Crippen LogP contribution in [-0.2, 0) is 0 Å². The second-order valence-electron chi connectivity index (χ2n) is 6.76. The van der Waals surface area contributed by atoms with Crippen LogP contribution in [0.4, 0.5) is 5.82 Å². The van der Waals surface area contributed by atoms with Gasteiger partial charge >= 0.3 is 0 Å². The van der Waals surface area contributed by atoms with E-state index in [1.54, 1.807) is 17.5 Å². The van der Waals surface area contributed by atoms with E-state index < -0.39 is 0 Å². The van der Waals surface area contributed by atoms with Crippen LogP contribution in [0.1, 0.15) is 38.7 Å². The van der Waals surface area contributed by atoms with Crippen LogP contribution in [0.2, 0.25) is 0 Å². The number of nitrogens with zero attached hydrogens (tertiary/aromatic N) is 3. The van der Waals surface area contributed by atoms with Crippen molar-refractivity contribution in [1.82, 2.24) is 14.6 Å². The van der Waals surface area contributed by atoms with E-state index in [1.165, 1.54) is 19.3 Å². The minimum Gasteiger partial charge on any atom is -0.365 e. The third-order valence-electron chi connectivity index (χ3n) is 5.36. The first kappa shape index (κ1) is 15.3. The van der Waals surface area contributed by atoms with Crippen molar-refractivity contribution in [2.75, 3.05) is 5.32 Å². The predicted molar refractivity (Wildman–Crippen MR) is 97.2 cm³/mol. The standard InChI is InChI=1S/C18H21N5S/c1-11-5-3-6-14(12(11)2)21-18-16(15-7-4-8-24-15)22-17-13(9-19)10-20-23(17)18/h4,7-8,10-12,14,20-21H,3,5-6H2,1-2H3/t11-,12-,14-/m1/s1. The van der Waals surface area contributed by atoms with Crippen molar-refractivity contribution >= 4 is 22.8 Å². The molecule has 1 saturated carbocycles. The van der Waals surface area contributed by atoms with Gasteiger partial charge in [-0.25, -0.2) is 9.50 Å². The summed E-state index contributed by atoms with van der Waals surface area (Å²) in [6, 6.07) is 6.76. The zero-order valence-corrected chi connectivity index (χ0v) is 14.7. The van der Waals surface area contributed by atoms with Gasteiger partial charge in [-0.05, 0) is 29.7 Å². The van der Waals surface area contributed by atoms with Gasteiger partial charge in [-0.1, -0.05) is 32.8 Å². The molecule has 1 aliphatic carbocycles. The van der Waals surface area contributed by atoms with Crippen molar-refractivity contribution in [3.63, 3.8) is 0 Å². The van der Waals surface area contributed by atoms with Gasteiger partial charge < -0.3 is 5.32 Å². The maximum atomic E-state index is 9.31. The van der Waals surface area contributed by atoms with E-state index in [1.807, 2.05) is 10.6 Å². The fourth-order valence-electron chi connectivity index (χ4n) is 3.68. The minimum absolute atomic E-state index is 0.432. The zero-order valence-electron chi connectivity index (χ0n) is 13.9. The van der Waals surface area contributed by atoms with Crippen LogP contribution in [0.25, 0.3) is 16.2 Å². The summed E-state index contributed by atoms with van der Waals surface area (Å²) in [5.41, 5.74) is 2.20. The SMILES string of the molecule is C[C@@H]1[C@H](C)CCC[C@H]1Nc1c(-c2cccs2)nc2c(C#N)c[nH]n12. The minimum atomic E-state index is 0.432. The van der Waals surface area contributed by atoms with Crippen LogP contribution in [0, 0.1) is 23.2 Å². The Morgan fingerprint density at radius 2 is 2.29 bits per heavy atom. The van der Waals surface area contributed by atoms with Crippen LogP contribution >= 0.6 is 11.3 Å². The lowest BCUT2D eigenvalue weighted by Crippen LogP contribution is -2.35. The predicted octanol–water partition coefficient (Wildman–Crippen LogP) is 4.50. The molecule has 124 valence electrons. The molecule has 2 N–H and O–H groups in total. The molecule has 3 atom stereocenters. The highest BCUT2D eigenvalue weighted by Gasteiger charge is 2.29. The number of aromatic nitrogens is 3. The number of fused-ring (bicyclic) bond motifs is 1. The van der Waals surface area contributed by atoms with Crippen molar-refractivity contribution in [2.24, 2.45) is 11.8 Å². The van der Waals surface area contributed by atoms with Crippen molar-refractivity contribution in [3.8, 4) is 16.6 Å². The Labute approximate surface area is 145 Å². The van der Waals surface area contributed by atoms with Gasteiger partial charge in [0.15, 0.2) is 11.5 Å². The number of nitrogens with one attached hydrogen (secondary N) is 2. The molecule has 6 heteroatoms. The molecule has 24 heavy (non-hydrogen) atoms. The van der Waals surface area contributed by atoms with Crippen LogP contribution in [0.15, 0.2) is 23.7 Å². The number of rotatable bonds is 3. The van der Waals surface area contributed by atoms with Crippen molar-refractivity contribution in [2.45, 2.75) is 39.2 Å². The molecule has 0 radical (unpaired) electrons. The zero-order chi connectivity index (χ0) is 16.7. The number of hydrogen-bond donors (Lipinski definition) is 2. The Morgan fingerprint density at radius 3 is 3.04 bits per heavy atom. The highest BCUT2D eigenvalue weighted by atomic mass is 32.1. The van der Waals surface area contributed by atoms with Gasteiger partial charge in [0.1, 0.15) is 17.3 Å². The second-order valence-corrected chi connectivity index (χ2v) is 7.71. The molecule has 0 bridgehead atoms. The third kappa shape index (κ3) is 2.40. The fourth-order valence-corrected chi connectivity index (χ4v) is 4.40. The van der Waals surface area contributed by atoms with E-state index in [9.17, 15) is 5.26 Å². The van der Waals surface area contributed by atoms with Crippen LogP contribution in [0.3, 0.4) is 0 Å². The summed E-state index contributed by atoms with van der Waals surface area (Å²) in [6.07, 6.45) is 5.46. The smallest absolute Gasteiger partial charge is 0.173 e. The van der Waals surface area contributed by atoms with Gasteiger partial charge in [-0.2, -0.15) is 5.26 Å². The first-order valence-electron chi connectivity index (χ1n) is 8.49. The molecule has 5 nitrogen and oxygen atoms in total. The number of hydrogen-bond acceptors (Lipinski definition) is 4. The second kappa shape index (κ2) is 5.99. The monoisotopic (exact) mass is 339 g/mol. The molecular formula is C18H21N5S. The molecule has 0 unspecified atom stereocenters. The summed E-state index contributed by atoms with van der Waals surface area (Å²) >= 11 is 1.67. The largest absolute Gasteiger partial charge is 0.365 e. The van der Waals surface area contributed by atoms with E-state index in [2.05, 4.69) is 41.8 Å². The molecule has 0 spiro atoms. The molecular weight excluding hydrogens is 318 g/mol. The average Bonchev–Trinajstić information content (AvgIpc) is 3.29. The normalized spacial score (nSPS) is 24.1. The molecule has 1 fully saturated rings. The molecule has 3 aromatic heterocycles. The van der Waals surface area contributed by atoms with Gasteiger partial charge in [0.05, 0.1) is 4.88 Å². The van der Waals surface area contributed by atoms with E-state index in [4.69, 9.17) is 4.98 Å². The summed E-state index contributed by atoms with van der Waals surface area (Å²) in [6.45, 7) is 4.67. The van der Waals surface area contributed by atoms with Crippen LogP contribution in [-0.4, -0.2) is 20.6 Å². The summed E-state index contributed by atoms with van der Waals surface area (Å²) in [5.74, 6) is 2.31. The molecule has 0 amide bonds. The Bertz CT molecular complexity index is 883. The first-order chi connectivity index (χ1) is 11.7. The Hall–Kier alpha value is -2.26. The molecule has 4 rings (SSSR count). The fraction of sp³-hybridized carbons (Fsp3) is 0.444. The Morgan fingerprint density at radius 1 is 1.42 bits per heavy atom. The molecule has 0 aliphatic heterocycles. The van der Waals surface area contributed by atoms with Gasteiger partial charge in [-0.15, -0.1) is 11.3 Å². The summed E-state index contributed by atoms with van der Waals surface area (Å²) in [7, 11) is 0. The Kier molecular flexibility index (Phi) is 3.81. The number of thiophene rings is 1. The topological polar surface area (TPSA) is 68.9 Å². The first-order valence-corrected chi connectivity index (χ1v) is 9.37. The van der Waals surface area contributed by atoms with Gasteiger partial charge in [0.25, 0.3) is 0 Å². The summed E-state index contributed by atoms with van der Waals surface area (Å²) in [4.78, 5) is 5.87. The molecule has 1 aliphatic rings. The molecule has 0 saturated heterocycles. The quantitative estimate of drug-likeness (QED) is 0.738. The molecule has 0 aromatic carbocycles. The van der Waals surface area contributed by atoms with Gasteiger partial charge in [-0.3, -0.25) is 5.10 Å². The number of imidazole rings is 1. The lowest BCUT2D eigenvalue weighted by atomic mass is 9.78. The van der Waals surface area contributed by atoms with Crippen molar-refractivity contribution in [1.29, 1.82) is 5.26 Å². The third-order valence-corrected chi connectivity index (χ3v) is 6.24. The van der Waals surface area contributed by atoms with Crippen LogP contribution < -0.4 is 5.32 Å². The maximum absolute atomic E-state index is 9.31. The average molecular weight is 339 g/mol. The highest BCUT2D eigenvalue weighted by molar-refractivity contribution is 7.13. The Balaban J connectivity index is 1.79. The van der Waals surface area contributed by atoms with E-state index >= 15 is 0 Å². The van der Waals surface area contributed by atoms with E-state index in [0.717, 1.165) is 22.3 Å². The molecule has 3 aromatic rings. The van der Waals surface area contributed by atoms with Crippen molar-refractivity contribution in [3.05, 3.63) is 29.3 Å². The van der Waals surface area contributed by atoms with Gasteiger partial charge in [0, 0.05) is 12.2 Å². The molecule has 3 heterocycles. The number of H-pyrrole nitrogens is 1. The van der Waals surface area contributed by atoms with Crippen LogP contribution in [0.5, 0.6) is 0 Å². The number of anilines is 1. The van der Waals surface area contributed by atoms with Crippen molar-refractivity contribution < 1.29 is 0 Å². The summed E-state index contributed by atoms with van der Waals surface area (Å²) < 4.78 is 1.92.